The molecule has 23 heavy (non-hydrogen) atoms. The van der Waals surface area contributed by atoms with Crippen molar-refractivity contribution >= 4 is 28.4 Å². The van der Waals surface area contributed by atoms with Gasteiger partial charge in [-0.05, 0) is 0 Å². The van der Waals surface area contributed by atoms with Crippen molar-refractivity contribution in [1.82, 2.24) is 0 Å². The van der Waals surface area contributed by atoms with Gasteiger partial charge in [0.2, 0.25) is 0 Å². The van der Waals surface area contributed by atoms with E-state index >= 15 is 0 Å². The average molecular weight is 311 g/mol. The molecule has 0 unspecified atom stereocenters. The minimum absolute atomic E-state index is 0.368. The summed E-state index contributed by atoms with van der Waals surface area (Å²) in [6, 6.07) is 8.84. The van der Waals surface area contributed by atoms with Gasteiger partial charge >= 0.3 is 11.9 Å². The van der Waals surface area contributed by atoms with Crippen molar-refractivity contribution in [2.75, 3.05) is 19.0 Å². The highest BCUT2D eigenvalue weighted by atomic mass is 16.5. The predicted molar refractivity (Wildman–Crippen MR) is 89.9 cm³/mol. The number of esters is 2. The van der Waals surface area contributed by atoms with E-state index in [1.54, 1.807) is 37.2 Å². The van der Waals surface area contributed by atoms with Crippen molar-refractivity contribution in [3.8, 4) is 11.5 Å². The smallest absolute Gasteiger partial charge is 0.335 e. The van der Waals surface area contributed by atoms with Gasteiger partial charge in [0, 0.05) is 43.1 Å². The lowest BCUT2D eigenvalue weighted by atomic mass is 10.1. The molecule has 0 N–H and O–H groups in total. The van der Waals surface area contributed by atoms with Crippen LogP contribution in [0.2, 0.25) is 0 Å². The highest BCUT2D eigenvalue weighted by molar-refractivity contribution is 6.01. The lowest BCUT2D eigenvalue weighted by molar-refractivity contribution is -0.129. The van der Waals surface area contributed by atoms with Crippen LogP contribution in [0.3, 0.4) is 0 Å². The van der Waals surface area contributed by atoms with E-state index in [4.69, 9.17) is 9.47 Å². The number of carbonyl (C=O) groups excluding carboxylic acids is 2. The molecule has 0 amide bonds. The third-order valence-corrected chi connectivity index (χ3v) is 3.17. The van der Waals surface area contributed by atoms with Gasteiger partial charge in [-0.1, -0.05) is 37.4 Å². The van der Waals surface area contributed by atoms with E-state index in [0.29, 0.717) is 28.0 Å². The van der Waals surface area contributed by atoms with E-state index < -0.39 is 11.9 Å². The van der Waals surface area contributed by atoms with Crippen LogP contribution in [0.4, 0.5) is 5.69 Å². The summed E-state index contributed by atoms with van der Waals surface area (Å²) in [7, 11) is 3.60. The van der Waals surface area contributed by atoms with Gasteiger partial charge < -0.3 is 14.4 Å². The number of carbonyl (C=O) groups is 2. The predicted octanol–water partition coefficient (Wildman–Crippen LogP) is 3.09. The van der Waals surface area contributed by atoms with Crippen LogP contribution in [0, 0.1) is 0 Å². The van der Waals surface area contributed by atoms with Gasteiger partial charge in [0.15, 0.2) is 5.75 Å². The standard InChI is InChI=1S/C18H17NO4/c1-5-16(20)22-15-11-14(19(3)4)18(23-17(21)6-2)13-10-8-7-9-12(13)15/h5-11H,1-2H2,3-4H3. The zero-order chi connectivity index (χ0) is 17.0. The number of ether oxygens (including phenoxy) is 2. The normalized spacial score (nSPS) is 10.0. The summed E-state index contributed by atoms with van der Waals surface area (Å²) in [6.07, 6.45) is 2.19. The fraction of sp³-hybridized carbons (Fsp3) is 0.111. The number of fused-ring (bicyclic) bond motifs is 1. The summed E-state index contributed by atoms with van der Waals surface area (Å²) in [5, 5.41) is 1.31. The van der Waals surface area contributed by atoms with Crippen molar-refractivity contribution in [3.05, 3.63) is 55.6 Å². The van der Waals surface area contributed by atoms with E-state index in [0.717, 1.165) is 12.2 Å². The number of benzene rings is 2. The summed E-state index contributed by atoms with van der Waals surface area (Å²) in [5.41, 5.74) is 0.603. The SMILES string of the molecule is C=CC(=O)Oc1cc(N(C)C)c(OC(=O)C=C)c2ccccc12. The Morgan fingerprint density at radius 1 is 1.00 bits per heavy atom. The third kappa shape index (κ3) is 3.40. The highest BCUT2D eigenvalue weighted by Crippen LogP contribution is 2.41. The molecule has 5 nitrogen and oxygen atoms in total. The maximum atomic E-state index is 11.7. The molecule has 0 aliphatic carbocycles. The maximum absolute atomic E-state index is 11.7. The van der Waals surface area contributed by atoms with Crippen molar-refractivity contribution in [3.63, 3.8) is 0 Å². The zero-order valence-electron chi connectivity index (χ0n) is 13.0. The summed E-state index contributed by atoms with van der Waals surface area (Å²) >= 11 is 0. The molecule has 5 heteroatoms. The summed E-state index contributed by atoms with van der Waals surface area (Å²) in [6.45, 7) is 6.81. The minimum atomic E-state index is -0.561. The Morgan fingerprint density at radius 2 is 1.57 bits per heavy atom. The molecule has 2 aromatic carbocycles. The van der Waals surface area contributed by atoms with Crippen LogP contribution in [0.25, 0.3) is 10.8 Å². The Kier molecular flexibility index (Phi) is 4.81. The van der Waals surface area contributed by atoms with Crippen molar-refractivity contribution in [1.29, 1.82) is 0 Å². The molecule has 0 radical (unpaired) electrons. The van der Waals surface area contributed by atoms with E-state index in [-0.39, 0.29) is 0 Å². The first-order valence-corrected chi connectivity index (χ1v) is 6.89. The zero-order valence-corrected chi connectivity index (χ0v) is 13.0. The van der Waals surface area contributed by atoms with E-state index in [2.05, 4.69) is 13.2 Å². The van der Waals surface area contributed by atoms with E-state index in [9.17, 15) is 9.59 Å². The first kappa shape index (κ1) is 16.3. The van der Waals surface area contributed by atoms with Crippen LogP contribution >= 0.6 is 0 Å². The van der Waals surface area contributed by atoms with E-state index in [1.807, 2.05) is 12.1 Å². The van der Waals surface area contributed by atoms with Crippen LogP contribution in [-0.4, -0.2) is 26.0 Å². The second-order valence-corrected chi connectivity index (χ2v) is 4.91. The summed E-state index contributed by atoms with van der Waals surface area (Å²) < 4.78 is 10.7. The van der Waals surface area contributed by atoms with Gasteiger partial charge in [0.1, 0.15) is 5.75 Å². The molecule has 2 rings (SSSR count). The largest absolute Gasteiger partial charge is 0.423 e. The first-order chi connectivity index (χ1) is 11.0. The van der Waals surface area contributed by atoms with Gasteiger partial charge in [0.25, 0.3) is 0 Å². The minimum Gasteiger partial charge on any atom is -0.423 e. The molecule has 118 valence electrons. The third-order valence-electron chi connectivity index (χ3n) is 3.17. The fourth-order valence-electron chi connectivity index (χ4n) is 2.12. The molecule has 0 aliphatic rings. The summed E-state index contributed by atoms with van der Waals surface area (Å²) in [5.74, 6) is -0.369. The molecule has 2 aromatic rings. The molecule has 0 fully saturated rings. The van der Waals surface area contributed by atoms with Gasteiger partial charge in [0.05, 0.1) is 5.69 Å². The van der Waals surface area contributed by atoms with Gasteiger partial charge in [-0.25, -0.2) is 9.59 Å². The molecule has 0 aliphatic heterocycles. The van der Waals surface area contributed by atoms with Crippen molar-refractivity contribution < 1.29 is 19.1 Å². The first-order valence-electron chi connectivity index (χ1n) is 6.89. The van der Waals surface area contributed by atoms with Gasteiger partial charge in [-0.15, -0.1) is 0 Å². The lowest BCUT2D eigenvalue weighted by Crippen LogP contribution is -2.14. The molecular weight excluding hydrogens is 294 g/mol. The number of anilines is 1. The Hall–Kier alpha value is -3.08. The topological polar surface area (TPSA) is 55.8 Å². The Labute approximate surface area is 134 Å². The van der Waals surface area contributed by atoms with Crippen molar-refractivity contribution in [2.45, 2.75) is 0 Å². The molecule has 0 aromatic heterocycles. The monoisotopic (exact) mass is 311 g/mol. The van der Waals surface area contributed by atoms with Gasteiger partial charge in [-0.2, -0.15) is 0 Å². The fourth-order valence-corrected chi connectivity index (χ4v) is 2.12. The molecular formula is C18H17NO4. The Morgan fingerprint density at radius 3 is 2.13 bits per heavy atom. The number of hydrogen-bond acceptors (Lipinski definition) is 5. The summed E-state index contributed by atoms with van der Waals surface area (Å²) in [4.78, 5) is 25.0. The van der Waals surface area contributed by atoms with Gasteiger partial charge in [-0.3, -0.25) is 0 Å². The highest BCUT2D eigenvalue weighted by Gasteiger charge is 2.18. The molecule has 0 heterocycles. The maximum Gasteiger partial charge on any atom is 0.335 e. The Bertz CT molecular complexity index is 793. The van der Waals surface area contributed by atoms with Crippen LogP contribution in [-0.2, 0) is 9.59 Å². The van der Waals surface area contributed by atoms with Crippen LogP contribution < -0.4 is 14.4 Å². The molecule has 0 saturated carbocycles. The van der Waals surface area contributed by atoms with E-state index in [1.165, 1.54) is 0 Å². The second kappa shape index (κ2) is 6.79. The molecule has 0 bridgehead atoms. The molecule has 0 spiro atoms. The molecule has 0 atom stereocenters. The van der Waals surface area contributed by atoms with Crippen LogP contribution in [0.15, 0.2) is 55.6 Å². The number of hydrogen-bond donors (Lipinski definition) is 0. The molecule has 0 saturated heterocycles. The lowest BCUT2D eigenvalue weighted by Gasteiger charge is -2.20. The van der Waals surface area contributed by atoms with Crippen LogP contribution in [0.5, 0.6) is 11.5 Å². The Balaban J connectivity index is 2.73. The van der Waals surface area contributed by atoms with Crippen molar-refractivity contribution in [2.24, 2.45) is 0 Å². The number of nitrogens with zero attached hydrogens (tertiary/aromatic N) is 1. The second-order valence-electron chi connectivity index (χ2n) is 4.91. The van der Waals surface area contributed by atoms with Crippen LogP contribution in [0.1, 0.15) is 0 Å². The number of rotatable bonds is 5. The quantitative estimate of drug-likeness (QED) is 0.482. The average Bonchev–Trinajstić information content (AvgIpc) is 2.56.